The first-order valence-corrected chi connectivity index (χ1v) is 36.2. The van der Waals surface area contributed by atoms with Gasteiger partial charge in [0.2, 0.25) is 36.0 Å². The molecule has 5 unspecified atom stereocenters. The second-order valence-corrected chi connectivity index (χ2v) is 31.2. The van der Waals surface area contributed by atoms with Gasteiger partial charge >= 0.3 is 0 Å². The molecule has 11 heterocycles. The van der Waals surface area contributed by atoms with Crippen molar-refractivity contribution in [1.82, 2.24) is 43.4 Å². The average molecular weight is 1330 g/mol. The summed E-state index contributed by atoms with van der Waals surface area (Å²) < 4.78 is 81.9. The number of fused-ring (bicyclic) bond motifs is 9. The van der Waals surface area contributed by atoms with Gasteiger partial charge in [-0.25, -0.2) is 34.3 Å². The van der Waals surface area contributed by atoms with E-state index in [0.29, 0.717) is 59.2 Å². The minimum atomic E-state index is -3.21. The Bertz CT molecular complexity index is 4120. The van der Waals surface area contributed by atoms with Crippen molar-refractivity contribution in [3.8, 4) is 0 Å². The number of benzene rings is 4. The number of rotatable bonds is 11. The smallest absolute Gasteiger partial charge is 0.220 e. The van der Waals surface area contributed by atoms with Gasteiger partial charge in [-0.2, -0.15) is 9.40 Å². The Morgan fingerprint density at radius 3 is 1.72 bits per heavy atom. The van der Waals surface area contributed by atoms with Crippen LogP contribution in [-0.4, -0.2) is 184 Å². The Kier molecular flexibility index (Phi) is 19.1. The van der Waals surface area contributed by atoms with E-state index in [1.807, 2.05) is 67.1 Å². The van der Waals surface area contributed by atoms with Crippen molar-refractivity contribution in [2.45, 2.75) is 94.4 Å². The molecule has 5 N–H and O–H groups in total. The zero-order valence-electron chi connectivity index (χ0n) is 49.0. The Balaban J connectivity index is 0.000000120. The van der Waals surface area contributed by atoms with Crippen LogP contribution in [0.3, 0.4) is 0 Å². The molecule has 4 bridgehead atoms. The summed E-state index contributed by atoms with van der Waals surface area (Å²) in [5, 5.41) is 14.3. The fourth-order valence-corrected chi connectivity index (χ4v) is 18.2. The van der Waals surface area contributed by atoms with Crippen molar-refractivity contribution >= 4 is 143 Å². The summed E-state index contributed by atoms with van der Waals surface area (Å²) in [5.41, 5.74) is 8.49. The molecule has 4 aromatic carbocycles. The van der Waals surface area contributed by atoms with E-state index in [2.05, 4.69) is 67.7 Å². The summed E-state index contributed by atoms with van der Waals surface area (Å²) in [7, 11) is -8.02. The summed E-state index contributed by atoms with van der Waals surface area (Å²) in [6.45, 7) is 7.64. The normalized spacial score (nSPS) is 22.1. The van der Waals surface area contributed by atoms with E-state index >= 15 is 0 Å². The standard InChI is InChI=1S/C16H18ClN3O.C16H21ClN2O3S.C15H18ClN3O2S.C13H17ClN4O2S/c1-10(21)20-12-2-3-13(20)9-19(8-12)16-7-11(17)6-15-14(16)4-5-18-15;1-22-8-9-23(20,21)19-6-3-12(4-7-19)15-10-13(17)11-16-14(15)2-5-18-16;1-22(20,21)19-9-11-2-3-12(19)8-18(11)15-7-10(16)6-14-13(15)4-5-17-14;1-21(19,20)17-10-3-2-4-18(8-10)13-6-9(14)5-12-11(13)7-15-16-12/h4-7,12-13,18H,2-3,8-9H2,1H3;2,5,10-12,18H,3-4,6-9H2,1H3;4-7,11-12,17H,2-3,8-9H2,1H3;5-7,10,17H,2-4,8H2,1H3,(H,15,16). The molecule has 468 valence electrons. The van der Waals surface area contributed by atoms with Crippen LogP contribution < -0.4 is 19.4 Å². The minimum absolute atomic E-state index is 0.0490. The molecule has 0 spiro atoms. The predicted octanol–water partition coefficient (Wildman–Crippen LogP) is 10.2. The molecular weight excluding hydrogens is 1250 g/mol. The number of piperazine rings is 2. The summed E-state index contributed by atoms with van der Waals surface area (Å²) in [4.78, 5) is 30.4. The van der Waals surface area contributed by atoms with Crippen molar-refractivity contribution in [3.05, 3.63) is 117 Å². The highest BCUT2D eigenvalue weighted by Gasteiger charge is 2.44. The van der Waals surface area contributed by atoms with Gasteiger partial charge in [-0.05, 0) is 130 Å². The Morgan fingerprint density at radius 2 is 1.15 bits per heavy atom. The number of nitrogens with zero attached hydrogens (tertiary/aromatic N) is 7. The second kappa shape index (κ2) is 26.3. The molecule has 1 amide bonds. The maximum absolute atomic E-state index is 12.2. The van der Waals surface area contributed by atoms with Gasteiger partial charge in [-0.3, -0.25) is 9.89 Å². The SMILES string of the molecule is CC(=O)N1C2CCC1CN(c1cc(Cl)cc3[nH]ccc13)C2.COCCS(=O)(=O)N1CCC(c2cc(Cl)cc3[nH]ccc23)CC1.CS(=O)(=O)N1CC2CCC1CN2c1cc(Cl)cc2[nH]ccc12.CS(=O)(=O)NC1CCCN(c2cc(Cl)cc3[nH]ncc23)C1. The van der Waals surface area contributed by atoms with Crippen LogP contribution in [0.5, 0.6) is 0 Å². The highest BCUT2D eigenvalue weighted by molar-refractivity contribution is 7.89. The lowest BCUT2D eigenvalue weighted by atomic mass is 9.88. The average Bonchev–Trinajstić information content (AvgIpc) is 1.81. The summed E-state index contributed by atoms with van der Waals surface area (Å²) >= 11 is 24.9. The van der Waals surface area contributed by atoms with Crippen molar-refractivity contribution in [2.24, 2.45) is 0 Å². The second-order valence-electron chi connectivity index (χ2n) is 23.7. The number of piperidine rings is 4. The van der Waals surface area contributed by atoms with Crippen molar-refractivity contribution in [1.29, 1.82) is 0 Å². The minimum Gasteiger partial charge on any atom is -0.384 e. The molecule has 0 radical (unpaired) electrons. The van der Waals surface area contributed by atoms with Crippen molar-refractivity contribution < 1.29 is 34.8 Å². The van der Waals surface area contributed by atoms with E-state index in [-0.39, 0.29) is 36.4 Å². The number of nitrogens with one attached hydrogen (secondary N) is 5. The molecule has 27 heteroatoms. The number of halogens is 4. The highest BCUT2D eigenvalue weighted by atomic mass is 35.5. The zero-order chi connectivity index (χ0) is 61.5. The highest BCUT2D eigenvalue weighted by Crippen LogP contribution is 2.41. The van der Waals surface area contributed by atoms with E-state index < -0.39 is 30.1 Å². The summed E-state index contributed by atoms with van der Waals surface area (Å²) in [6, 6.07) is 22.7. The van der Waals surface area contributed by atoms with E-state index in [1.54, 1.807) is 21.7 Å². The molecular formula is C60H74Cl4N12O8S3. The Hall–Kier alpha value is -5.31. The fourth-order valence-electron chi connectivity index (χ4n) is 13.9. The van der Waals surface area contributed by atoms with Crippen LogP contribution in [0.25, 0.3) is 43.6 Å². The molecule has 7 saturated heterocycles. The molecule has 7 fully saturated rings. The topological polar surface area (TPSA) is 236 Å². The molecule has 8 aromatic rings. The number of carbonyl (C=O) groups is 1. The first-order valence-electron chi connectivity index (χ1n) is 29.4. The maximum atomic E-state index is 12.2. The van der Waals surface area contributed by atoms with Crippen LogP contribution in [0.2, 0.25) is 20.1 Å². The van der Waals surface area contributed by atoms with E-state index in [0.717, 1.165) is 127 Å². The largest absolute Gasteiger partial charge is 0.384 e. The summed E-state index contributed by atoms with van der Waals surface area (Å²) in [5.74, 6) is 0.592. The molecule has 87 heavy (non-hydrogen) atoms. The van der Waals surface area contributed by atoms with Gasteiger partial charge in [0.1, 0.15) is 0 Å². The number of aromatic amines is 4. The maximum Gasteiger partial charge on any atom is 0.220 e. The van der Waals surface area contributed by atoms with Crippen LogP contribution in [-0.2, 0) is 39.6 Å². The molecule has 4 aromatic heterocycles. The molecule has 0 saturated carbocycles. The Morgan fingerprint density at radius 1 is 0.609 bits per heavy atom. The first kappa shape index (κ1) is 63.3. The number of aromatic nitrogens is 5. The van der Waals surface area contributed by atoms with Crippen LogP contribution in [0.4, 0.5) is 17.1 Å². The quantitative estimate of drug-likeness (QED) is 0.0814. The number of ether oxygens (including phenoxy) is 1. The predicted molar refractivity (Wildman–Crippen MR) is 351 cm³/mol. The van der Waals surface area contributed by atoms with Gasteiger partial charge in [0.15, 0.2) is 0 Å². The number of methoxy groups -OCH3 is 1. The van der Waals surface area contributed by atoms with Crippen LogP contribution >= 0.6 is 46.4 Å². The van der Waals surface area contributed by atoms with Gasteiger partial charge in [0.25, 0.3) is 0 Å². The van der Waals surface area contributed by atoms with E-state index in [9.17, 15) is 30.0 Å². The van der Waals surface area contributed by atoms with Gasteiger partial charge in [-0.15, -0.1) is 0 Å². The number of sulfonamides is 3. The number of H-pyrrole nitrogens is 4. The lowest BCUT2D eigenvalue weighted by Gasteiger charge is -2.51. The van der Waals surface area contributed by atoms with Crippen LogP contribution in [0, 0.1) is 0 Å². The van der Waals surface area contributed by atoms with Crippen molar-refractivity contribution in [2.75, 3.05) is 99.0 Å². The number of hydrogen-bond donors (Lipinski definition) is 5. The van der Waals surface area contributed by atoms with E-state index in [1.165, 1.54) is 41.6 Å². The van der Waals surface area contributed by atoms with Crippen LogP contribution in [0.15, 0.2) is 91.5 Å². The first-order chi connectivity index (χ1) is 41.5. The van der Waals surface area contributed by atoms with Gasteiger partial charge < -0.3 is 39.3 Å². The molecule has 20 nitrogen and oxygen atoms in total. The number of hydrogen-bond acceptors (Lipinski definition) is 12. The zero-order valence-corrected chi connectivity index (χ0v) is 54.5. The monoisotopic (exact) mass is 1330 g/mol. The van der Waals surface area contributed by atoms with Crippen LogP contribution in [0.1, 0.15) is 69.8 Å². The third-order valence-electron chi connectivity index (χ3n) is 17.8. The molecule has 5 atom stereocenters. The number of anilines is 3. The van der Waals surface area contributed by atoms with Gasteiger partial charge in [0, 0.05) is 190 Å². The molecule has 7 aliphatic rings. The Labute approximate surface area is 528 Å². The van der Waals surface area contributed by atoms with E-state index in [4.69, 9.17) is 51.1 Å². The third kappa shape index (κ3) is 14.3. The molecule has 0 aliphatic carbocycles. The molecule has 7 aliphatic heterocycles. The molecule has 15 rings (SSSR count). The lowest BCUT2D eigenvalue weighted by Crippen LogP contribution is -2.63. The number of amides is 1. The fraction of sp³-hybridized carbons (Fsp3) is 0.467. The summed E-state index contributed by atoms with van der Waals surface area (Å²) in [6.07, 6.45) is 17.6. The lowest BCUT2D eigenvalue weighted by molar-refractivity contribution is -0.132. The number of carbonyl (C=O) groups excluding carboxylic acids is 1. The van der Waals surface area contributed by atoms with Gasteiger partial charge in [-0.1, -0.05) is 46.4 Å². The van der Waals surface area contributed by atoms with Gasteiger partial charge in [0.05, 0.1) is 36.6 Å². The third-order valence-corrected chi connectivity index (χ3v) is 22.5. The van der Waals surface area contributed by atoms with Crippen molar-refractivity contribution in [3.63, 3.8) is 0 Å².